The van der Waals surface area contributed by atoms with E-state index in [9.17, 15) is 10.0 Å². The van der Waals surface area contributed by atoms with Gasteiger partial charge in [0.15, 0.2) is 6.54 Å². The first kappa shape index (κ1) is 9.88. The van der Waals surface area contributed by atoms with Crippen molar-refractivity contribution in [3.8, 4) is 6.07 Å². The summed E-state index contributed by atoms with van der Waals surface area (Å²) < 4.78 is -0.886. The molecular weight excluding hydrogens is 148 g/mol. The van der Waals surface area contributed by atoms with E-state index in [0.717, 1.165) is 0 Å². The molecule has 0 aliphatic heterocycles. The van der Waals surface area contributed by atoms with E-state index < -0.39 is 17.2 Å². The zero-order chi connectivity index (χ0) is 8.91. The van der Waals surface area contributed by atoms with Gasteiger partial charge in [-0.2, -0.15) is 5.26 Å². The quantitative estimate of drug-likeness (QED) is 0.458. The molecule has 1 atom stereocenters. The number of aliphatic carboxylic acids is 1. The number of likely N-dealkylation sites (N-methyl/N-ethyl adjacent to an activating group) is 1. The van der Waals surface area contributed by atoms with Gasteiger partial charge in [0, 0.05) is 0 Å². The van der Waals surface area contributed by atoms with Crippen LogP contribution in [-0.2, 0) is 4.79 Å². The standard InChI is InChI=1S/C6H10N2O3/c1-8(11,4-2-3-7)5-6(9)10/h2,4-5H2,1H3,(H,9,10). The van der Waals surface area contributed by atoms with E-state index in [1.54, 1.807) is 6.07 Å². The van der Waals surface area contributed by atoms with Crippen molar-refractivity contribution in [2.24, 2.45) is 0 Å². The molecule has 0 radical (unpaired) electrons. The third-order valence-corrected chi connectivity index (χ3v) is 1.17. The molecule has 0 saturated heterocycles. The van der Waals surface area contributed by atoms with Crippen LogP contribution in [-0.4, -0.2) is 35.9 Å². The molecule has 0 aromatic carbocycles. The Morgan fingerprint density at radius 3 is 2.73 bits per heavy atom. The summed E-state index contributed by atoms with van der Waals surface area (Å²) in [5.74, 6) is -1.14. The summed E-state index contributed by atoms with van der Waals surface area (Å²) in [6, 6.07) is 1.79. The lowest BCUT2D eigenvalue weighted by atomic mass is 10.4. The van der Waals surface area contributed by atoms with Gasteiger partial charge in [-0.25, -0.2) is 4.79 Å². The zero-order valence-corrected chi connectivity index (χ0v) is 6.28. The van der Waals surface area contributed by atoms with Gasteiger partial charge >= 0.3 is 5.97 Å². The molecule has 0 aromatic rings. The minimum Gasteiger partial charge on any atom is -0.633 e. The summed E-state index contributed by atoms with van der Waals surface area (Å²) in [6.07, 6.45) is 0.0906. The van der Waals surface area contributed by atoms with Crippen molar-refractivity contribution in [2.45, 2.75) is 6.42 Å². The van der Waals surface area contributed by atoms with E-state index in [0.29, 0.717) is 0 Å². The fraction of sp³-hybridized carbons (Fsp3) is 0.667. The van der Waals surface area contributed by atoms with Gasteiger partial charge in [-0.3, -0.25) is 0 Å². The summed E-state index contributed by atoms with van der Waals surface area (Å²) in [4.78, 5) is 10.1. The van der Waals surface area contributed by atoms with Crippen molar-refractivity contribution in [1.29, 1.82) is 5.26 Å². The van der Waals surface area contributed by atoms with E-state index >= 15 is 0 Å². The van der Waals surface area contributed by atoms with Crippen LogP contribution in [0.15, 0.2) is 0 Å². The first-order valence-corrected chi connectivity index (χ1v) is 3.12. The highest BCUT2D eigenvalue weighted by molar-refractivity contribution is 5.67. The Morgan fingerprint density at radius 2 is 2.36 bits per heavy atom. The van der Waals surface area contributed by atoms with Gasteiger partial charge in [0.05, 0.1) is 26.1 Å². The SMILES string of the molecule is C[N+]([O-])(CCC#N)CC(=O)O. The minimum atomic E-state index is -1.14. The maximum Gasteiger partial charge on any atom is 0.359 e. The van der Waals surface area contributed by atoms with Crippen LogP contribution >= 0.6 is 0 Å². The van der Waals surface area contributed by atoms with Crippen LogP contribution < -0.4 is 0 Å². The first-order chi connectivity index (χ1) is 4.98. The highest BCUT2D eigenvalue weighted by atomic mass is 16.5. The average molecular weight is 158 g/mol. The molecule has 5 heteroatoms. The maximum absolute atomic E-state index is 11.1. The van der Waals surface area contributed by atoms with E-state index in [4.69, 9.17) is 10.4 Å². The summed E-state index contributed by atoms with van der Waals surface area (Å²) >= 11 is 0. The predicted molar refractivity (Wildman–Crippen MR) is 37.2 cm³/mol. The molecule has 0 aliphatic carbocycles. The third kappa shape index (κ3) is 5.33. The Hall–Kier alpha value is -1.12. The molecule has 1 unspecified atom stereocenters. The molecular formula is C6H10N2O3. The molecule has 0 fully saturated rings. The number of nitriles is 1. The third-order valence-electron chi connectivity index (χ3n) is 1.17. The maximum atomic E-state index is 11.1. The van der Waals surface area contributed by atoms with Crippen LogP contribution in [0.25, 0.3) is 0 Å². The summed E-state index contributed by atoms with van der Waals surface area (Å²) in [5, 5.41) is 27.4. The van der Waals surface area contributed by atoms with Gasteiger partial charge in [-0.15, -0.1) is 0 Å². The molecule has 5 nitrogen and oxygen atoms in total. The number of rotatable bonds is 4. The van der Waals surface area contributed by atoms with Gasteiger partial charge in [0.25, 0.3) is 0 Å². The molecule has 0 saturated carbocycles. The Morgan fingerprint density at radius 1 is 1.82 bits per heavy atom. The second-order valence-electron chi connectivity index (χ2n) is 2.48. The van der Waals surface area contributed by atoms with Crippen LogP contribution in [0.4, 0.5) is 0 Å². The summed E-state index contributed by atoms with van der Waals surface area (Å²) in [6.45, 7) is -0.454. The highest BCUT2D eigenvalue weighted by Crippen LogP contribution is 1.99. The van der Waals surface area contributed by atoms with Gasteiger partial charge in [0.1, 0.15) is 0 Å². The number of hydrogen-bond acceptors (Lipinski definition) is 3. The summed E-state index contributed by atoms with van der Waals surface area (Å²) in [7, 11) is 1.24. The number of carbonyl (C=O) groups is 1. The van der Waals surface area contributed by atoms with E-state index in [2.05, 4.69) is 0 Å². The highest BCUT2D eigenvalue weighted by Gasteiger charge is 2.13. The molecule has 1 N–H and O–H groups in total. The Labute approximate surface area is 64.6 Å². The molecule has 0 spiro atoms. The van der Waals surface area contributed by atoms with Crippen molar-refractivity contribution in [3.05, 3.63) is 5.21 Å². The Bertz CT molecular complexity index is 183. The van der Waals surface area contributed by atoms with Crippen molar-refractivity contribution >= 4 is 5.97 Å². The number of carboxylic acid groups (broad SMARTS) is 1. The molecule has 0 aliphatic rings. The lowest BCUT2D eigenvalue weighted by Crippen LogP contribution is -2.42. The van der Waals surface area contributed by atoms with Gasteiger partial charge < -0.3 is 15.0 Å². The van der Waals surface area contributed by atoms with Crippen molar-refractivity contribution in [2.75, 3.05) is 20.1 Å². The molecule has 11 heavy (non-hydrogen) atoms. The number of hydrogen-bond donors (Lipinski definition) is 1. The number of carboxylic acids is 1. The van der Waals surface area contributed by atoms with Gasteiger partial charge in [-0.05, 0) is 0 Å². The van der Waals surface area contributed by atoms with Crippen LogP contribution in [0.3, 0.4) is 0 Å². The van der Waals surface area contributed by atoms with Crippen molar-refractivity contribution < 1.29 is 14.5 Å². The predicted octanol–water partition coefficient (Wildman–Crippen LogP) is -0.0709. The minimum absolute atomic E-state index is 0.0306. The molecule has 62 valence electrons. The van der Waals surface area contributed by atoms with Crippen molar-refractivity contribution in [3.63, 3.8) is 0 Å². The fourth-order valence-corrected chi connectivity index (χ4v) is 0.652. The molecule has 0 aromatic heterocycles. The number of hydroxylamine groups is 3. The first-order valence-electron chi connectivity index (χ1n) is 3.12. The molecule has 0 heterocycles. The monoisotopic (exact) mass is 158 g/mol. The average Bonchev–Trinajstić information content (AvgIpc) is 1.81. The van der Waals surface area contributed by atoms with Crippen LogP contribution in [0, 0.1) is 16.5 Å². The van der Waals surface area contributed by atoms with Crippen LogP contribution in [0.2, 0.25) is 0 Å². The van der Waals surface area contributed by atoms with Gasteiger partial charge in [-0.1, -0.05) is 0 Å². The largest absolute Gasteiger partial charge is 0.633 e. The smallest absolute Gasteiger partial charge is 0.359 e. The summed E-state index contributed by atoms with van der Waals surface area (Å²) in [5.41, 5.74) is 0. The topological polar surface area (TPSA) is 84.1 Å². The Balaban J connectivity index is 3.81. The molecule has 0 rings (SSSR count). The van der Waals surface area contributed by atoms with E-state index in [1.807, 2.05) is 0 Å². The van der Waals surface area contributed by atoms with E-state index in [1.165, 1.54) is 7.05 Å². The normalized spacial score (nSPS) is 15.0. The van der Waals surface area contributed by atoms with Crippen LogP contribution in [0.1, 0.15) is 6.42 Å². The Kier molecular flexibility index (Phi) is 3.51. The second-order valence-corrected chi connectivity index (χ2v) is 2.48. The lowest BCUT2D eigenvalue weighted by Gasteiger charge is -2.35. The van der Waals surface area contributed by atoms with Crippen LogP contribution in [0.5, 0.6) is 0 Å². The number of quaternary nitrogens is 1. The zero-order valence-electron chi connectivity index (χ0n) is 6.28. The van der Waals surface area contributed by atoms with Gasteiger partial charge in [0.2, 0.25) is 0 Å². The molecule has 0 amide bonds. The molecule has 0 bridgehead atoms. The van der Waals surface area contributed by atoms with E-state index in [-0.39, 0.29) is 13.0 Å². The van der Waals surface area contributed by atoms with Crippen molar-refractivity contribution in [1.82, 2.24) is 0 Å². The second kappa shape index (κ2) is 3.91. The lowest BCUT2D eigenvalue weighted by molar-refractivity contribution is -0.852. The number of nitrogens with zero attached hydrogens (tertiary/aromatic N) is 2. The fourth-order valence-electron chi connectivity index (χ4n) is 0.652.